The van der Waals surface area contributed by atoms with E-state index in [-0.39, 0.29) is 0 Å². The molecule has 0 aliphatic carbocycles. The van der Waals surface area contributed by atoms with Gasteiger partial charge in [0.15, 0.2) is 5.82 Å². The molecule has 2 aromatic rings. The Morgan fingerprint density at radius 3 is 2.65 bits per heavy atom. The first-order chi connectivity index (χ1) is 9.55. The van der Waals surface area contributed by atoms with Crippen LogP contribution in [0.5, 0.6) is 5.75 Å². The van der Waals surface area contributed by atoms with Crippen LogP contribution in [0.3, 0.4) is 0 Å². The van der Waals surface area contributed by atoms with E-state index in [0.29, 0.717) is 22.5 Å². The fourth-order valence-electron chi connectivity index (χ4n) is 1.48. The van der Waals surface area contributed by atoms with E-state index in [9.17, 15) is 0 Å². The Kier molecular flexibility index (Phi) is 5.06. The molecule has 0 aliphatic rings. The van der Waals surface area contributed by atoms with Gasteiger partial charge >= 0.3 is 0 Å². The van der Waals surface area contributed by atoms with Gasteiger partial charge in [-0.25, -0.2) is 4.98 Å². The summed E-state index contributed by atoms with van der Waals surface area (Å²) in [4.78, 5) is 8.30. The Balaban J connectivity index is 2.39. The van der Waals surface area contributed by atoms with E-state index >= 15 is 0 Å². The second kappa shape index (κ2) is 6.60. The van der Waals surface area contributed by atoms with Crippen LogP contribution in [-0.4, -0.2) is 24.1 Å². The number of benzene rings is 1. The summed E-state index contributed by atoms with van der Waals surface area (Å²) in [6.45, 7) is 0. The van der Waals surface area contributed by atoms with Crippen LogP contribution in [0.15, 0.2) is 27.3 Å². The van der Waals surface area contributed by atoms with Crippen LogP contribution in [0.4, 0.5) is 17.5 Å². The number of rotatable bonds is 4. The minimum atomic E-state index is 0.429. The van der Waals surface area contributed by atoms with Crippen LogP contribution in [0.1, 0.15) is 0 Å². The Labute approximate surface area is 138 Å². The van der Waals surface area contributed by atoms with Crippen LogP contribution in [0, 0.1) is 0 Å². The predicted molar refractivity (Wildman–Crippen MR) is 88.3 cm³/mol. The van der Waals surface area contributed by atoms with Crippen molar-refractivity contribution in [2.24, 2.45) is 0 Å². The monoisotopic (exact) mass is 420 g/mol. The van der Waals surface area contributed by atoms with E-state index in [1.54, 1.807) is 14.2 Å². The third kappa shape index (κ3) is 3.34. The quantitative estimate of drug-likeness (QED) is 0.763. The van der Waals surface area contributed by atoms with E-state index < -0.39 is 0 Å². The first kappa shape index (κ1) is 15.3. The zero-order chi connectivity index (χ0) is 14.7. The van der Waals surface area contributed by atoms with Gasteiger partial charge in [0, 0.05) is 17.6 Å². The zero-order valence-corrected chi connectivity index (χ0v) is 14.6. The molecule has 1 aromatic heterocycles. The van der Waals surface area contributed by atoms with Gasteiger partial charge in [-0.3, -0.25) is 0 Å². The third-order valence-corrected chi connectivity index (χ3v) is 4.01. The fourth-order valence-corrected chi connectivity index (χ4v) is 2.88. The average Bonchev–Trinajstić information content (AvgIpc) is 2.44. The minimum Gasteiger partial charge on any atom is -0.495 e. The topological polar surface area (TPSA) is 59.1 Å². The lowest BCUT2D eigenvalue weighted by Crippen LogP contribution is -2.01. The van der Waals surface area contributed by atoms with Crippen molar-refractivity contribution >= 4 is 60.9 Å². The smallest absolute Gasteiger partial charge is 0.224 e. The van der Waals surface area contributed by atoms with Gasteiger partial charge in [-0.2, -0.15) is 4.98 Å². The van der Waals surface area contributed by atoms with Gasteiger partial charge < -0.3 is 15.4 Å². The second-order valence-corrected chi connectivity index (χ2v) is 5.85. The molecular formula is C12H11Br2ClN4O. The summed E-state index contributed by atoms with van der Waals surface area (Å²) >= 11 is 13.0. The standard InChI is InChI=1S/C12H11Br2ClN4O/c1-16-12-17-5-8(15)11(19-12)18-9-4-10(20-2)7(14)3-6(9)13/h3-5H,1-2H3,(H2,16,17,18,19). The molecule has 0 saturated heterocycles. The SMILES string of the molecule is CNc1ncc(Cl)c(Nc2cc(OC)c(Br)cc2Br)n1. The Bertz CT molecular complexity index is 639. The second-order valence-electron chi connectivity index (χ2n) is 3.73. The van der Waals surface area contributed by atoms with Crippen LogP contribution < -0.4 is 15.4 Å². The minimum absolute atomic E-state index is 0.429. The van der Waals surface area contributed by atoms with Crippen molar-refractivity contribution in [3.63, 3.8) is 0 Å². The Morgan fingerprint density at radius 1 is 1.25 bits per heavy atom. The summed E-state index contributed by atoms with van der Waals surface area (Å²) in [5, 5.41) is 6.44. The maximum atomic E-state index is 6.09. The van der Waals surface area contributed by atoms with Gasteiger partial charge in [0.2, 0.25) is 5.95 Å². The van der Waals surface area contributed by atoms with Crippen LogP contribution in [-0.2, 0) is 0 Å². The highest BCUT2D eigenvalue weighted by atomic mass is 79.9. The normalized spacial score (nSPS) is 10.2. The molecule has 0 aliphatic heterocycles. The molecule has 5 nitrogen and oxygen atoms in total. The molecule has 0 spiro atoms. The first-order valence-electron chi connectivity index (χ1n) is 5.55. The maximum absolute atomic E-state index is 6.09. The number of hydrogen-bond donors (Lipinski definition) is 2. The highest BCUT2D eigenvalue weighted by Crippen LogP contribution is 2.36. The Morgan fingerprint density at radius 2 is 2.00 bits per heavy atom. The van der Waals surface area contributed by atoms with E-state index in [1.165, 1.54) is 6.20 Å². The molecule has 8 heteroatoms. The predicted octanol–water partition coefficient (Wildman–Crippen LogP) is 4.45. The lowest BCUT2D eigenvalue weighted by molar-refractivity contribution is 0.412. The summed E-state index contributed by atoms with van der Waals surface area (Å²) in [7, 11) is 3.35. The molecule has 1 aromatic carbocycles. The van der Waals surface area contributed by atoms with Crippen molar-refractivity contribution in [1.82, 2.24) is 9.97 Å². The van der Waals surface area contributed by atoms with Gasteiger partial charge in [-0.05, 0) is 37.9 Å². The summed E-state index contributed by atoms with van der Waals surface area (Å²) < 4.78 is 6.97. The third-order valence-electron chi connectivity index (χ3n) is 2.46. The molecule has 106 valence electrons. The number of aromatic nitrogens is 2. The molecule has 0 unspecified atom stereocenters. The molecule has 0 saturated carbocycles. The van der Waals surface area contributed by atoms with Crippen LogP contribution >= 0.6 is 43.5 Å². The maximum Gasteiger partial charge on any atom is 0.224 e. The van der Waals surface area contributed by atoms with E-state index in [1.807, 2.05) is 12.1 Å². The highest BCUT2D eigenvalue weighted by molar-refractivity contribution is 9.11. The Hall–Kier alpha value is -1.05. The van der Waals surface area contributed by atoms with Gasteiger partial charge in [-0.1, -0.05) is 11.6 Å². The van der Waals surface area contributed by atoms with Crippen molar-refractivity contribution in [3.05, 3.63) is 32.3 Å². The molecule has 20 heavy (non-hydrogen) atoms. The number of nitrogens with one attached hydrogen (secondary N) is 2. The fraction of sp³-hybridized carbons (Fsp3) is 0.167. The van der Waals surface area contributed by atoms with Gasteiger partial charge in [-0.15, -0.1) is 0 Å². The van der Waals surface area contributed by atoms with E-state index in [2.05, 4.69) is 52.5 Å². The molecule has 0 radical (unpaired) electrons. The van der Waals surface area contributed by atoms with Crippen LogP contribution in [0.25, 0.3) is 0 Å². The van der Waals surface area contributed by atoms with E-state index in [0.717, 1.165) is 14.6 Å². The zero-order valence-electron chi connectivity index (χ0n) is 10.7. The number of methoxy groups -OCH3 is 1. The molecular weight excluding hydrogens is 411 g/mol. The summed E-state index contributed by atoms with van der Waals surface area (Å²) in [6.07, 6.45) is 1.53. The molecule has 1 heterocycles. The molecule has 0 atom stereocenters. The van der Waals surface area contributed by atoms with E-state index in [4.69, 9.17) is 16.3 Å². The molecule has 0 amide bonds. The largest absolute Gasteiger partial charge is 0.495 e. The van der Waals surface area contributed by atoms with Crippen molar-refractivity contribution in [2.75, 3.05) is 24.8 Å². The number of halogens is 3. The van der Waals surface area contributed by atoms with Crippen molar-refractivity contribution < 1.29 is 4.74 Å². The summed E-state index contributed by atoms with van der Waals surface area (Å²) in [5.74, 6) is 1.70. The first-order valence-corrected chi connectivity index (χ1v) is 7.52. The van der Waals surface area contributed by atoms with Crippen molar-refractivity contribution in [3.8, 4) is 5.75 Å². The number of nitrogens with zero attached hydrogens (tertiary/aromatic N) is 2. The molecule has 2 rings (SSSR count). The van der Waals surface area contributed by atoms with Gasteiger partial charge in [0.1, 0.15) is 10.8 Å². The summed E-state index contributed by atoms with van der Waals surface area (Å²) in [6, 6.07) is 3.72. The number of hydrogen-bond acceptors (Lipinski definition) is 5. The number of anilines is 3. The number of ether oxygens (including phenoxy) is 1. The molecule has 2 N–H and O–H groups in total. The lowest BCUT2D eigenvalue weighted by atomic mass is 10.3. The van der Waals surface area contributed by atoms with Crippen molar-refractivity contribution in [2.45, 2.75) is 0 Å². The van der Waals surface area contributed by atoms with Gasteiger partial charge in [0.25, 0.3) is 0 Å². The average molecular weight is 423 g/mol. The molecule has 0 fully saturated rings. The lowest BCUT2D eigenvalue weighted by Gasteiger charge is -2.12. The van der Waals surface area contributed by atoms with Crippen molar-refractivity contribution in [1.29, 1.82) is 0 Å². The summed E-state index contributed by atoms with van der Waals surface area (Å²) in [5.41, 5.74) is 0.785. The van der Waals surface area contributed by atoms with Gasteiger partial charge in [0.05, 0.1) is 23.5 Å². The molecule has 0 bridgehead atoms. The highest BCUT2D eigenvalue weighted by Gasteiger charge is 2.10. The van der Waals surface area contributed by atoms with Crippen LogP contribution in [0.2, 0.25) is 5.02 Å².